The minimum Gasteiger partial charge on any atom is -0.507 e. The van der Waals surface area contributed by atoms with Gasteiger partial charge in [-0.2, -0.15) is 0 Å². The Morgan fingerprint density at radius 2 is 1.64 bits per heavy atom. The van der Waals surface area contributed by atoms with Crippen molar-refractivity contribution >= 4 is 23.1 Å². The molecule has 0 bridgehead atoms. The van der Waals surface area contributed by atoms with Crippen molar-refractivity contribution in [2.24, 2.45) is 0 Å². The number of aryl methyl sites for hydroxylation is 2. The Kier molecular flexibility index (Phi) is 7.01. The lowest BCUT2D eigenvalue weighted by atomic mass is 9.94. The fraction of sp³-hybridized carbons (Fsp3) is 0.241. The molecule has 1 heterocycles. The molecule has 1 aliphatic rings. The van der Waals surface area contributed by atoms with Gasteiger partial charge in [0.25, 0.3) is 11.7 Å². The molecule has 186 valence electrons. The third-order valence-corrected chi connectivity index (χ3v) is 6.22. The number of carbonyl (C=O) groups excluding carboxylic acids is 2. The Balaban J connectivity index is 2.01. The highest BCUT2D eigenvalue weighted by atomic mass is 16.5. The first-order valence-corrected chi connectivity index (χ1v) is 11.6. The van der Waals surface area contributed by atoms with Crippen LogP contribution in [-0.2, 0) is 9.59 Å². The van der Waals surface area contributed by atoms with Crippen molar-refractivity contribution < 1.29 is 28.9 Å². The van der Waals surface area contributed by atoms with Crippen LogP contribution in [0.3, 0.4) is 0 Å². The summed E-state index contributed by atoms with van der Waals surface area (Å²) in [4.78, 5) is 28.4. The minimum absolute atomic E-state index is 0.0305. The van der Waals surface area contributed by atoms with Gasteiger partial charge < -0.3 is 19.3 Å². The van der Waals surface area contributed by atoms with Gasteiger partial charge in [-0.05, 0) is 62.2 Å². The maximum atomic E-state index is 13.5. The highest BCUT2D eigenvalue weighted by Gasteiger charge is 2.47. The number of aliphatic hydroxyl groups is 1. The molecule has 7 heteroatoms. The highest BCUT2D eigenvalue weighted by Crippen LogP contribution is 2.45. The number of hydrogen-bond donors (Lipinski definition) is 1. The fourth-order valence-electron chi connectivity index (χ4n) is 4.59. The molecule has 1 aliphatic heterocycles. The molecule has 1 amide bonds. The van der Waals surface area contributed by atoms with Crippen LogP contribution in [0, 0.1) is 13.8 Å². The van der Waals surface area contributed by atoms with Crippen molar-refractivity contribution in [2.75, 3.05) is 25.7 Å². The summed E-state index contributed by atoms with van der Waals surface area (Å²) in [6.07, 6.45) is 0. The fourth-order valence-corrected chi connectivity index (χ4v) is 4.59. The standard InChI is InChI=1S/C29H29NO6/c1-6-36-24-16-19(12-14-23(24)35-5)26-25(27(31)20-9-7-8-10-22(20)34-4)28(32)29(33)30(26)21-13-11-17(2)15-18(21)3/h7-16,26,31H,6H2,1-5H3/b27-25+. The van der Waals surface area contributed by atoms with Crippen LogP contribution in [0.4, 0.5) is 5.69 Å². The van der Waals surface area contributed by atoms with E-state index in [1.165, 1.54) is 12.0 Å². The predicted molar refractivity (Wildman–Crippen MR) is 138 cm³/mol. The third kappa shape index (κ3) is 4.28. The van der Waals surface area contributed by atoms with Crippen LogP contribution in [0.5, 0.6) is 17.2 Å². The minimum atomic E-state index is -0.901. The van der Waals surface area contributed by atoms with Crippen LogP contribution in [0.2, 0.25) is 0 Å². The zero-order chi connectivity index (χ0) is 26.0. The molecule has 1 N–H and O–H groups in total. The van der Waals surface area contributed by atoms with Crippen molar-refractivity contribution in [3.63, 3.8) is 0 Å². The van der Waals surface area contributed by atoms with Gasteiger partial charge in [0.1, 0.15) is 11.5 Å². The topological polar surface area (TPSA) is 85.3 Å². The summed E-state index contributed by atoms with van der Waals surface area (Å²) in [5.41, 5.74) is 3.33. The van der Waals surface area contributed by atoms with Gasteiger partial charge in [0.05, 0.1) is 38.0 Å². The Morgan fingerprint density at radius 3 is 2.31 bits per heavy atom. The third-order valence-electron chi connectivity index (χ3n) is 6.22. The van der Waals surface area contributed by atoms with E-state index in [1.807, 2.05) is 39.0 Å². The molecule has 4 rings (SSSR count). The maximum Gasteiger partial charge on any atom is 0.300 e. The maximum absolute atomic E-state index is 13.5. The first kappa shape index (κ1) is 24.9. The van der Waals surface area contributed by atoms with Crippen LogP contribution in [0.1, 0.15) is 35.2 Å². The van der Waals surface area contributed by atoms with E-state index in [9.17, 15) is 14.7 Å². The van der Waals surface area contributed by atoms with E-state index in [4.69, 9.17) is 14.2 Å². The zero-order valence-corrected chi connectivity index (χ0v) is 21.0. The van der Waals surface area contributed by atoms with Crippen LogP contribution in [0.15, 0.2) is 66.2 Å². The Bertz CT molecular complexity index is 1360. The van der Waals surface area contributed by atoms with Gasteiger partial charge in [-0.25, -0.2) is 0 Å². The number of rotatable bonds is 7. The number of ether oxygens (including phenoxy) is 3. The van der Waals surface area contributed by atoms with Gasteiger partial charge in [0.15, 0.2) is 11.5 Å². The van der Waals surface area contributed by atoms with Gasteiger partial charge >= 0.3 is 0 Å². The van der Waals surface area contributed by atoms with E-state index in [1.54, 1.807) is 49.6 Å². The van der Waals surface area contributed by atoms with E-state index in [-0.39, 0.29) is 11.3 Å². The second kappa shape index (κ2) is 10.2. The van der Waals surface area contributed by atoms with Gasteiger partial charge in [0.2, 0.25) is 0 Å². The van der Waals surface area contributed by atoms with E-state index in [0.29, 0.717) is 40.7 Å². The van der Waals surface area contributed by atoms with Gasteiger partial charge in [0, 0.05) is 5.69 Å². The number of Topliss-reactive ketones (excluding diaryl/α,β-unsaturated/α-hetero) is 1. The molecule has 0 radical (unpaired) electrons. The molecule has 0 saturated carbocycles. The molecular weight excluding hydrogens is 458 g/mol. The molecule has 1 atom stereocenters. The van der Waals surface area contributed by atoms with Crippen LogP contribution >= 0.6 is 0 Å². The number of benzene rings is 3. The Labute approximate surface area is 210 Å². The summed E-state index contributed by atoms with van der Waals surface area (Å²) >= 11 is 0. The average molecular weight is 488 g/mol. The summed E-state index contributed by atoms with van der Waals surface area (Å²) in [6, 6.07) is 16.8. The van der Waals surface area contributed by atoms with E-state index in [2.05, 4.69) is 0 Å². The number of hydrogen-bond acceptors (Lipinski definition) is 6. The molecule has 36 heavy (non-hydrogen) atoms. The first-order valence-electron chi connectivity index (χ1n) is 11.6. The molecule has 7 nitrogen and oxygen atoms in total. The first-order chi connectivity index (χ1) is 17.3. The van der Waals surface area contributed by atoms with E-state index < -0.39 is 17.7 Å². The molecular formula is C29H29NO6. The van der Waals surface area contributed by atoms with Crippen molar-refractivity contribution in [2.45, 2.75) is 26.8 Å². The second-order valence-corrected chi connectivity index (χ2v) is 8.50. The summed E-state index contributed by atoms with van der Waals surface area (Å²) in [5.74, 6) is -0.433. The van der Waals surface area contributed by atoms with Gasteiger partial charge in [-0.3, -0.25) is 14.5 Å². The highest BCUT2D eigenvalue weighted by molar-refractivity contribution is 6.51. The van der Waals surface area contributed by atoms with Crippen LogP contribution < -0.4 is 19.1 Å². The molecule has 0 aliphatic carbocycles. The van der Waals surface area contributed by atoms with Crippen LogP contribution in [0.25, 0.3) is 5.76 Å². The number of anilines is 1. The lowest BCUT2D eigenvalue weighted by molar-refractivity contribution is -0.132. The van der Waals surface area contributed by atoms with Crippen LogP contribution in [-0.4, -0.2) is 37.6 Å². The second-order valence-electron chi connectivity index (χ2n) is 8.50. The Morgan fingerprint density at radius 1 is 0.917 bits per heavy atom. The quantitative estimate of drug-likeness (QED) is 0.275. The molecule has 0 spiro atoms. The predicted octanol–water partition coefficient (Wildman–Crippen LogP) is 5.35. The number of nitrogens with zero attached hydrogens (tertiary/aromatic N) is 1. The molecule has 1 unspecified atom stereocenters. The lowest BCUT2D eigenvalue weighted by Crippen LogP contribution is -2.30. The van der Waals surface area contributed by atoms with Crippen molar-refractivity contribution in [3.8, 4) is 17.2 Å². The smallest absolute Gasteiger partial charge is 0.300 e. The summed E-state index contributed by atoms with van der Waals surface area (Å²) in [5, 5.41) is 11.4. The number of para-hydroxylation sites is 1. The summed E-state index contributed by atoms with van der Waals surface area (Å²) in [6.45, 7) is 6.11. The lowest BCUT2D eigenvalue weighted by Gasteiger charge is -2.27. The van der Waals surface area contributed by atoms with E-state index >= 15 is 0 Å². The van der Waals surface area contributed by atoms with Gasteiger partial charge in [-0.15, -0.1) is 0 Å². The molecule has 0 aromatic heterocycles. The number of aliphatic hydroxyl groups excluding tert-OH is 1. The number of methoxy groups -OCH3 is 2. The number of carbonyl (C=O) groups is 2. The summed E-state index contributed by atoms with van der Waals surface area (Å²) < 4.78 is 16.6. The van der Waals surface area contributed by atoms with Gasteiger partial charge in [-0.1, -0.05) is 35.9 Å². The average Bonchev–Trinajstić information content (AvgIpc) is 3.14. The van der Waals surface area contributed by atoms with E-state index in [0.717, 1.165) is 11.1 Å². The number of amides is 1. The zero-order valence-electron chi connectivity index (χ0n) is 21.0. The normalized spacial score (nSPS) is 16.8. The monoisotopic (exact) mass is 487 g/mol. The largest absolute Gasteiger partial charge is 0.507 e. The molecule has 1 saturated heterocycles. The summed E-state index contributed by atoms with van der Waals surface area (Å²) in [7, 11) is 3.02. The van der Waals surface area contributed by atoms with Crippen molar-refractivity contribution in [1.82, 2.24) is 0 Å². The molecule has 1 fully saturated rings. The molecule has 3 aromatic rings. The molecule has 3 aromatic carbocycles. The van der Waals surface area contributed by atoms with Crippen molar-refractivity contribution in [1.29, 1.82) is 0 Å². The number of ketones is 1. The Hall–Kier alpha value is -4.26. The SMILES string of the molecule is CCOc1cc(C2/C(=C(\O)c3ccccc3OC)C(=O)C(=O)N2c2ccc(C)cc2C)ccc1OC. The van der Waals surface area contributed by atoms with Crippen molar-refractivity contribution in [3.05, 3.63) is 88.5 Å².